The van der Waals surface area contributed by atoms with E-state index in [1.807, 2.05) is 0 Å². The molecule has 0 spiro atoms. The molecule has 0 saturated heterocycles. The van der Waals surface area contributed by atoms with Crippen LogP contribution in [0.25, 0.3) is 66.1 Å². The Balaban J connectivity index is 1.12. The highest BCUT2D eigenvalue weighted by Gasteiger charge is 2.18. The second-order valence-corrected chi connectivity index (χ2v) is 14.0. The number of hydrogen-bond acceptors (Lipinski definition) is 1. The molecule has 0 amide bonds. The van der Waals surface area contributed by atoms with E-state index < -0.39 is 0 Å². The first-order valence-electron chi connectivity index (χ1n) is 18.3. The molecule has 3 heteroatoms. The van der Waals surface area contributed by atoms with Gasteiger partial charge in [0.1, 0.15) is 0 Å². The van der Waals surface area contributed by atoms with E-state index in [1.165, 1.54) is 71.6 Å². The summed E-state index contributed by atoms with van der Waals surface area (Å²) in [7, 11) is 0. The molecular formula is C50H37N3. The minimum atomic E-state index is 1.11. The van der Waals surface area contributed by atoms with Gasteiger partial charge in [-0.05, 0) is 116 Å². The quantitative estimate of drug-likeness (QED) is 0.170. The number of nitrogens with zero attached hydrogens (tertiary/aromatic N) is 3. The van der Waals surface area contributed by atoms with E-state index in [9.17, 15) is 0 Å². The van der Waals surface area contributed by atoms with E-state index in [-0.39, 0.29) is 0 Å². The number of anilines is 3. The van der Waals surface area contributed by atoms with Crippen LogP contribution in [0.15, 0.2) is 188 Å². The molecule has 2 heterocycles. The summed E-state index contributed by atoms with van der Waals surface area (Å²) in [6.07, 6.45) is 0. The van der Waals surface area contributed by atoms with Crippen LogP contribution in [0.3, 0.4) is 0 Å². The summed E-state index contributed by atoms with van der Waals surface area (Å²) in [5.41, 5.74) is 15.4. The van der Waals surface area contributed by atoms with Crippen LogP contribution in [0.4, 0.5) is 17.1 Å². The van der Waals surface area contributed by atoms with Gasteiger partial charge < -0.3 is 14.0 Å². The second kappa shape index (κ2) is 12.4. The summed E-state index contributed by atoms with van der Waals surface area (Å²) in [6.45, 7) is 4.27. The third-order valence-corrected chi connectivity index (χ3v) is 10.6. The normalized spacial score (nSPS) is 11.6. The van der Waals surface area contributed by atoms with Crippen molar-refractivity contribution in [3.05, 3.63) is 199 Å². The standard InChI is InChI=1S/C50H37N3/c1-34-19-25-39(26-20-34)51(40-27-21-35(2)22-28-40)41-13-10-14-42(33-41)53-48-18-9-7-16-44(48)46-32-37(24-30-50(46)53)36-23-29-49-45(31-36)43-15-6-8-17-47(43)52(49)38-11-4-3-5-12-38/h3-33H,1-2H3. The fraction of sp³-hybridized carbons (Fsp3) is 0.0400. The van der Waals surface area contributed by atoms with Crippen molar-refractivity contribution in [1.82, 2.24) is 9.13 Å². The number of aryl methyl sites for hydroxylation is 2. The van der Waals surface area contributed by atoms with E-state index in [0.717, 1.165) is 22.7 Å². The molecule has 0 unspecified atom stereocenters. The second-order valence-electron chi connectivity index (χ2n) is 14.0. The van der Waals surface area contributed by atoms with Crippen molar-refractivity contribution in [3.8, 4) is 22.5 Å². The van der Waals surface area contributed by atoms with Crippen LogP contribution in [-0.2, 0) is 0 Å². The molecule has 10 rings (SSSR count). The SMILES string of the molecule is Cc1ccc(N(c2ccc(C)cc2)c2cccc(-n3c4ccccc4c4cc(-c5ccc6c(c5)c5ccccc5n6-c5ccccc5)ccc43)c2)cc1. The summed E-state index contributed by atoms with van der Waals surface area (Å²) in [4.78, 5) is 2.35. The highest BCUT2D eigenvalue weighted by Crippen LogP contribution is 2.40. The van der Waals surface area contributed by atoms with E-state index >= 15 is 0 Å². The number of hydrogen-bond donors (Lipinski definition) is 0. The lowest BCUT2D eigenvalue weighted by Crippen LogP contribution is -2.10. The number of fused-ring (bicyclic) bond motifs is 6. The molecule has 2 aromatic heterocycles. The molecule has 0 aliphatic rings. The van der Waals surface area contributed by atoms with Crippen LogP contribution in [0.2, 0.25) is 0 Å². The molecule has 10 aromatic rings. The summed E-state index contributed by atoms with van der Waals surface area (Å²) < 4.78 is 4.79. The summed E-state index contributed by atoms with van der Waals surface area (Å²) >= 11 is 0. The summed E-state index contributed by atoms with van der Waals surface area (Å²) in [5.74, 6) is 0. The summed E-state index contributed by atoms with van der Waals surface area (Å²) in [5, 5.41) is 5.00. The van der Waals surface area contributed by atoms with Gasteiger partial charge in [0, 0.05) is 50.0 Å². The van der Waals surface area contributed by atoms with Crippen molar-refractivity contribution in [3.63, 3.8) is 0 Å². The van der Waals surface area contributed by atoms with Gasteiger partial charge in [-0.2, -0.15) is 0 Å². The molecule has 8 aromatic carbocycles. The van der Waals surface area contributed by atoms with Gasteiger partial charge in [-0.25, -0.2) is 0 Å². The van der Waals surface area contributed by atoms with Crippen LogP contribution in [0.1, 0.15) is 11.1 Å². The first-order valence-corrected chi connectivity index (χ1v) is 18.3. The van der Waals surface area contributed by atoms with Crippen molar-refractivity contribution in [2.45, 2.75) is 13.8 Å². The minimum absolute atomic E-state index is 1.11. The maximum absolute atomic E-state index is 2.41. The number of para-hydroxylation sites is 3. The average molecular weight is 680 g/mol. The zero-order chi connectivity index (χ0) is 35.5. The molecule has 252 valence electrons. The maximum Gasteiger partial charge on any atom is 0.0541 e. The van der Waals surface area contributed by atoms with Crippen molar-refractivity contribution in [1.29, 1.82) is 0 Å². The molecule has 0 aliphatic carbocycles. The summed E-state index contributed by atoms with van der Waals surface area (Å²) in [6, 6.07) is 68.5. The number of benzene rings is 8. The number of rotatable bonds is 6. The van der Waals surface area contributed by atoms with Gasteiger partial charge in [-0.3, -0.25) is 0 Å². The highest BCUT2D eigenvalue weighted by molar-refractivity contribution is 6.12. The third kappa shape index (κ3) is 5.20. The van der Waals surface area contributed by atoms with Crippen molar-refractivity contribution in [2.24, 2.45) is 0 Å². The van der Waals surface area contributed by atoms with Gasteiger partial charge in [0.15, 0.2) is 0 Å². The van der Waals surface area contributed by atoms with E-state index in [2.05, 4.69) is 216 Å². The topological polar surface area (TPSA) is 13.1 Å². The first kappa shape index (κ1) is 30.9. The van der Waals surface area contributed by atoms with Crippen molar-refractivity contribution in [2.75, 3.05) is 4.90 Å². The molecular weight excluding hydrogens is 643 g/mol. The molecule has 53 heavy (non-hydrogen) atoms. The molecule has 3 nitrogen and oxygen atoms in total. The zero-order valence-electron chi connectivity index (χ0n) is 29.7. The Morgan fingerprint density at radius 1 is 0.321 bits per heavy atom. The molecule has 0 radical (unpaired) electrons. The van der Waals surface area contributed by atoms with Crippen molar-refractivity contribution >= 4 is 60.7 Å². The minimum Gasteiger partial charge on any atom is -0.310 e. The Morgan fingerprint density at radius 2 is 0.774 bits per heavy atom. The van der Waals surface area contributed by atoms with E-state index in [1.54, 1.807) is 0 Å². The van der Waals surface area contributed by atoms with Gasteiger partial charge in [0.25, 0.3) is 0 Å². The molecule has 0 aliphatic heterocycles. The fourth-order valence-electron chi connectivity index (χ4n) is 8.04. The van der Waals surface area contributed by atoms with Gasteiger partial charge >= 0.3 is 0 Å². The van der Waals surface area contributed by atoms with Crippen molar-refractivity contribution < 1.29 is 0 Å². The van der Waals surface area contributed by atoms with E-state index in [0.29, 0.717) is 0 Å². The van der Waals surface area contributed by atoms with Gasteiger partial charge in [0.05, 0.1) is 22.1 Å². The van der Waals surface area contributed by atoms with Crippen LogP contribution in [0.5, 0.6) is 0 Å². The Hall–Kier alpha value is -6.84. The maximum atomic E-state index is 2.41. The Labute approximate surface area is 309 Å². The monoisotopic (exact) mass is 679 g/mol. The molecule has 0 bridgehead atoms. The predicted molar refractivity (Wildman–Crippen MR) is 225 cm³/mol. The van der Waals surface area contributed by atoms with Crippen LogP contribution in [-0.4, -0.2) is 9.13 Å². The van der Waals surface area contributed by atoms with Crippen LogP contribution >= 0.6 is 0 Å². The molecule has 0 N–H and O–H groups in total. The molecule has 0 saturated carbocycles. The molecule has 0 fully saturated rings. The lowest BCUT2D eigenvalue weighted by Gasteiger charge is -2.26. The lowest BCUT2D eigenvalue weighted by atomic mass is 10.0. The third-order valence-electron chi connectivity index (χ3n) is 10.6. The predicted octanol–water partition coefficient (Wildman–Crippen LogP) is 13.6. The van der Waals surface area contributed by atoms with Gasteiger partial charge in [0.2, 0.25) is 0 Å². The van der Waals surface area contributed by atoms with Crippen LogP contribution < -0.4 is 4.90 Å². The molecule has 0 atom stereocenters. The Bertz CT molecular complexity index is 2900. The van der Waals surface area contributed by atoms with Gasteiger partial charge in [-0.15, -0.1) is 0 Å². The largest absolute Gasteiger partial charge is 0.310 e. The highest BCUT2D eigenvalue weighted by atomic mass is 15.1. The van der Waals surface area contributed by atoms with E-state index in [4.69, 9.17) is 0 Å². The zero-order valence-corrected chi connectivity index (χ0v) is 29.7. The lowest BCUT2D eigenvalue weighted by molar-refractivity contribution is 1.17. The fourth-order valence-corrected chi connectivity index (χ4v) is 8.04. The Morgan fingerprint density at radius 3 is 1.32 bits per heavy atom. The smallest absolute Gasteiger partial charge is 0.0541 e. The Kier molecular flexibility index (Phi) is 7.26. The van der Waals surface area contributed by atoms with Crippen LogP contribution in [0, 0.1) is 13.8 Å². The van der Waals surface area contributed by atoms with Gasteiger partial charge in [-0.1, -0.05) is 108 Å². The first-order chi connectivity index (χ1) is 26.1. The average Bonchev–Trinajstić information content (AvgIpc) is 3.72. The number of aromatic nitrogens is 2.